The summed E-state index contributed by atoms with van der Waals surface area (Å²) in [6.07, 6.45) is 6.24. The molecule has 2 aromatic rings. The second-order valence-corrected chi connectivity index (χ2v) is 5.82. The van der Waals surface area contributed by atoms with E-state index in [-0.39, 0.29) is 5.91 Å². The first-order valence-electron chi connectivity index (χ1n) is 8.09. The van der Waals surface area contributed by atoms with Gasteiger partial charge in [-0.25, -0.2) is 0 Å². The summed E-state index contributed by atoms with van der Waals surface area (Å²) in [6.45, 7) is 4.70. The highest BCUT2D eigenvalue weighted by Gasteiger charge is 2.09. The summed E-state index contributed by atoms with van der Waals surface area (Å²) in [5.74, 6) is 1.19. The van der Waals surface area contributed by atoms with Crippen LogP contribution < -0.4 is 10.1 Å². The SMILES string of the molecule is CCCC(C)CC(=O)Nc1cccc(OCc2cccnc2)c1. The van der Waals surface area contributed by atoms with Crippen molar-refractivity contribution >= 4 is 11.6 Å². The van der Waals surface area contributed by atoms with Crippen LogP contribution in [0, 0.1) is 5.92 Å². The second-order valence-electron chi connectivity index (χ2n) is 5.82. The van der Waals surface area contributed by atoms with Crippen molar-refractivity contribution in [3.05, 3.63) is 54.4 Å². The van der Waals surface area contributed by atoms with Gasteiger partial charge in [-0.05, 0) is 24.1 Å². The summed E-state index contributed by atoms with van der Waals surface area (Å²) in [5, 5.41) is 2.94. The highest BCUT2D eigenvalue weighted by atomic mass is 16.5. The number of benzene rings is 1. The molecule has 1 aromatic carbocycles. The number of nitrogens with zero attached hydrogens (tertiary/aromatic N) is 1. The molecule has 0 bridgehead atoms. The van der Waals surface area contributed by atoms with E-state index in [1.807, 2.05) is 36.4 Å². The van der Waals surface area contributed by atoms with Crippen molar-refractivity contribution in [3.63, 3.8) is 0 Å². The lowest BCUT2D eigenvalue weighted by molar-refractivity contribution is -0.117. The Kier molecular flexibility index (Phi) is 6.60. The van der Waals surface area contributed by atoms with Crippen molar-refractivity contribution in [1.82, 2.24) is 4.98 Å². The molecule has 1 heterocycles. The van der Waals surface area contributed by atoms with Crippen LogP contribution in [0.3, 0.4) is 0 Å². The monoisotopic (exact) mass is 312 g/mol. The number of nitrogens with one attached hydrogen (secondary N) is 1. The molecule has 4 nitrogen and oxygen atoms in total. The first-order chi connectivity index (χ1) is 11.2. The van der Waals surface area contributed by atoms with Crippen LogP contribution in [-0.4, -0.2) is 10.9 Å². The fourth-order valence-corrected chi connectivity index (χ4v) is 2.44. The molecule has 0 radical (unpaired) electrons. The van der Waals surface area contributed by atoms with Crippen molar-refractivity contribution < 1.29 is 9.53 Å². The van der Waals surface area contributed by atoms with E-state index in [0.29, 0.717) is 18.9 Å². The van der Waals surface area contributed by atoms with E-state index in [0.717, 1.165) is 29.8 Å². The minimum absolute atomic E-state index is 0.0513. The summed E-state index contributed by atoms with van der Waals surface area (Å²) < 4.78 is 5.74. The van der Waals surface area contributed by atoms with Crippen molar-refractivity contribution in [2.24, 2.45) is 5.92 Å². The number of ether oxygens (including phenoxy) is 1. The predicted molar refractivity (Wildman–Crippen MR) is 92.3 cm³/mol. The Bertz CT molecular complexity index is 614. The first kappa shape index (κ1) is 17.0. The Labute approximate surface area is 137 Å². The van der Waals surface area contributed by atoms with Gasteiger partial charge in [-0.15, -0.1) is 0 Å². The molecule has 0 aliphatic rings. The van der Waals surface area contributed by atoms with Crippen LogP contribution in [0.1, 0.15) is 38.7 Å². The van der Waals surface area contributed by atoms with Crippen LogP contribution in [0.5, 0.6) is 5.75 Å². The molecule has 1 N–H and O–H groups in total. The van der Waals surface area contributed by atoms with Gasteiger partial charge in [0.15, 0.2) is 0 Å². The van der Waals surface area contributed by atoms with Crippen LogP contribution in [0.4, 0.5) is 5.69 Å². The zero-order valence-corrected chi connectivity index (χ0v) is 13.8. The highest BCUT2D eigenvalue weighted by molar-refractivity contribution is 5.91. The van der Waals surface area contributed by atoms with Gasteiger partial charge >= 0.3 is 0 Å². The van der Waals surface area contributed by atoms with Crippen LogP contribution in [0.15, 0.2) is 48.8 Å². The Morgan fingerprint density at radius 1 is 1.30 bits per heavy atom. The number of hydrogen-bond acceptors (Lipinski definition) is 3. The van der Waals surface area contributed by atoms with E-state index in [9.17, 15) is 4.79 Å². The van der Waals surface area contributed by atoms with Gasteiger partial charge in [0.25, 0.3) is 0 Å². The van der Waals surface area contributed by atoms with Gasteiger partial charge in [0, 0.05) is 36.1 Å². The van der Waals surface area contributed by atoms with Crippen molar-refractivity contribution in [1.29, 1.82) is 0 Å². The number of carbonyl (C=O) groups is 1. The summed E-state index contributed by atoms with van der Waals surface area (Å²) in [7, 11) is 0. The summed E-state index contributed by atoms with van der Waals surface area (Å²) in [6, 6.07) is 11.3. The maximum atomic E-state index is 12.0. The molecule has 0 saturated carbocycles. The van der Waals surface area contributed by atoms with Gasteiger partial charge in [-0.3, -0.25) is 9.78 Å². The Morgan fingerprint density at radius 2 is 2.17 bits per heavy atom. The third-order valence-electron chi connectivity index (χ3n) is 3.56. The number of aromatic nitrogens is 1. The molecule has 122 valence electrons. The average Bonchev–Trinajstić information content (AvgIpc) is 2.54. The maximum absolute atomic E-state index is 12.0. The molecule has 0 aliphatic heterocycles. The molecule has 1 atom stereocenters. The Hall–Kier alpha value is -2.36. The fraction of sp³-hybridized carbons (Fsp3) is 0.368. The molecule has 23 heavy (non-hydrogen) atoms. The average molecular weight is 312 g/mol. The van der Waals surface area contributed by atoms with E-state index in [1.54, 1.807) is 12.4 Å². The Balaban J connectivity index is 1.88. The lowest BCUT2D eigenvalue weighted by Gasteiger charge is -2.12. The van der Waals surface area contributed by atoms with Crippen LogP contribution in [-0.2, 0) is 11.4 Å². The predicted octanol–water partition coefficient (Wildman–Crippen LogP) is 4.43. The molecule has 4 heteroatoms. The first-order valence-corrected chi connectivity index (χ1v) is 8.09. The molecule has 0 saturated heterocycles. The van der Waals surface area contributed by atoms with E-state index >= 15 is 0 Å². The molecule has 1 unspecified atom stereocenters. The van der Waals surface area contributed by atoms with Gasteiger partial charge in [0.2, 0.25) is 5.91 Å². The number of hydrogen-bond donors (Lipinski definition) is 1. The second kappa shape index (κ2) is 8.93. The normalized spacial score (nSPS) is 11.7. The Morgan fingerprint density at radius 3 is 2.91 bits per heavy atom. The van der Waals surface area contributed by atoms with Gasteiger partial charge in [-0.1, -0.05) is 38.8 Å². The van der Waals surface area contributed by atoms with Crippen molar-refractivity contribution in [2.75, 3.05) is 5.32 Å². The zero-order chi connectivity index (χ0) is 16.5. The number of amides is 1. The minimum Gasteiger partial charge on any atom is -0.489 e. The largest absolute Gasteiger partial charge is 0.489 e. The third-order valence-corrected chi connectivity index (χ3v) is 3.56. The number of anilines is 1. The van der Waals surface area contributed by atoms with E-state index < -0.39 is 0 Å². The van der Waals surface area contributed by atoms with Gasteiger partial charge < -0.3 is 10.1 Å². The van der Waals surface area contributed by atoms with E-state index in [2.05, 4.69) is 24.1 Å². The highest BCUT2D eigenvalue weighted by Crippen LogP contribution is 2.19. The molecular weight excluding hydrogens is 288 g/mol. The standard InChI is InChI=1S/C19H24N2O2/c1-3-6-15(2)11-19(22)21-17-8-4-9-18(12-17)23-14-16-7-5-10-20-13-16/h4-5,7-10,12-13,15H,3,6,11,14H2,1-2H3,(H,21,22). The summed E-state index contributed by atoms with van der Waals surface area (Å²) in [4.78, 5) is 16.1. The van der Waals surface area contributed by atoms with Crippen LogP contribution in [0.25, 0.3) is 0 Å². The molecule has 0 fully saturated rings. The van der Waals surface area contributed by atoms with Crippen LogP contribution >= 0.6 is 0 Å². The molecule has 1 aromatic heterocycles. The molecular formula is C19H24N2O2. The number of pyridine rings is 1. The lowest BCUT2D eigenvalue weighted by Crippen LogP contribution is -2.15. The van der Waals surface area contributed by atoms with Gasteiger partial charge in [0.05, 0.1) is 0 Å². The molecule has 2 rings (SSSR count). The lowest BCUT2D eigenvalue weighted by atomic mass is 10.0. The summed E-state index contributed by atoms with van der Waals surface area (Å²) in [5.41, 5.74) is 1.78. The maximum Gasteiger partial charge on any atom is 0.224 e. The van der Waals surface area contributed by atoms with E-state index in [1.165, 1.54) is 0 Å². The van der Waals surface area contributed by atoms with Crippen molar-refractivity contribution in [2.45, 2.75) is 39.7 Å². The van der Waals surface area contributed by atoms with Gasteiger partial charge in [-0.2, -0.15) is 0 Å². The quantitative estimate of drug-likeness (QED) is 0.784. The fourth-order valence-electron chi connectivity index (χ4n) is 2.44. The van der Waals surface area contributed by atoms with Gasteiger partial charge in [0.1, 0.15) is 12.4 Å². The summed E-state index contributed by atoms with van der Waals surface area (Å²) >= 11 is 0. The number of rotatable bonds is 8. The number of carbonyl (C=O) groups excluding carboxylic acids is 1. The zero-order valence-electron chi connectivity index (χ0n) is 13.8. The smallest absolute Gasteiger partial charge is 0.224 e. The van der Waals surface area contributed by atoms with Crippen molar-refractivity contribution in [3.8, 4) is 5.75 Å². The molecule has 1 amide bonds. The molecule has 0 aliphatic carbocycles. The van der Waals surface area contributed by atoms with E-state index in [4.69, 9.17) is 4.74 Å². The minimum atomic E-state index is 0.0513. The van der Waals surface area contributed by atoms with Crippen LogP contribution in [0.2, 0.25) is 0 Å². The third kappa shape index (κ3) is 6.10. The molecule has 0 spiro atoms. The topological polar surface area (TPSA) is 51.2 Å².